The second kappa shape index (κ2) is 30.9. The monoisotopic (exact) mass is 386 g/mol. The third-order valence-electron chi connectivity index (χ3n) is 0. The van der Waals surface area contributed by atoms with Gasteiger partial charge in [0.1, 0.15) is 0 Å². The summed E-state index contributed by atoms with van der Waals surface area (Å²) in [5.74, 6) is -5.17. The first kappa shape index (κ1) is 36.5. The zero-order chi connectivity index (χ0) is 17.9. The van der Waals surface area contributed by atoms with Crippen molar-refractivity contribution < 1.29 is 75.7 Å². The van der Waals surface area contributed by atoms with Gasteiger partial charge >= 0.3 is 26.2 Å². The summed E-state index contributed by atoms with van der Waals surface area (Å²) in [5.41, 5.74) is 0. The average molecular weight is 387 g/mol. The Kier molecular flexibility index (Phi) is 53.8. The summed E-state index contributed by atoms with van der Waals surface area (Å²) >= 11 is 0. The Bertz CT molecular complexity index is 211. The van der Waals surface area contributed by atoms with Crippen LogP contribution in [0.25, 0.3) is 0 Å². The minimum atomic E-state index is -1.08. The van der Waals surface area contributed by atoms with E-state index in [9.17, 15) is 0 Å². The van der Waals surface area contributed by atoms with Gasteiger partial charge in [0.15, 0.2) is 0 Å². The van der Waals surface area contributed by atoms with Crippen LogP contribution in [0.4, 0.5) is 0 Å². The fourth-order valence-corrected chi connectivity index (χ4v) is 0. The van der Waals surface area contributed by atoms with Gasteiger partial charge < -0.3 is 44.7 Å². The molecule has 10 nitrogen and oxygen atoms in total. The maximum Gasteiger partial charge on any atom is 4.00 e. The molecule has 0 aromatic rings. The summed E-state index contributed by atoms with van der Waals surface area (Å²) in [5, 5.41) is 43.0. The van der Waals surface area contributed by atoms with Gasteiger partial charge in [0, 0.05) is 30.8 Å². The Hall–Kier alpha value is -1.77. The van der Waals surface area contributed by atoms with E-state index < -0.39 is 29.8 Å². The van der Waals surface area contributed by atoms with Gasteiger partial charge in [-0.2, -0.15) is 0 Å². The number of rotatable bonds is 0. The second-order valence-corrected chi connectivity index (χ2v) is 2.49. The van der Waals surface area contributed by atoms with Gasteiger partial charge in [0.05, 0.1) is 0 Å². The van der Waals surface area contributed by atoms with Crippen molar-refractivity contribution in [3.05, 3.63) is 0 Å². The van der Waals surface area contributed by atoms with Crippen LogP contribution in [0.3, 0.4) is 0 Å². The standard InChI is InChI=1S/5C2H4O2.Zr/c5*1-2(3)4;/h5*1H3,(H,3,4);/q;;;;;+4/p-4. The van der Waals surface area contributed by atoms with Gasteiger partial charge in [0.2, 0.25) is 0 Å². The SMILES string of the molecule is CC(=O)O.CC(=O)[O-].CC(=O)[O-].CC(=O)[O-].CC(=O)[O-].[Zr+4]. The minimum absolute atomic E-state index is 0. The first-order valence-corrected chi connectivity index (χ1v) is 4.56. The average Bonchev–Trinajstić information content (AvgIpc) is 1.94. The van der Waals surface area contributed by atoms with Crippen molar-refractivity contribution in [2.24, 2.45) is 0 Å². The van der Waals surface area contributed by atoms with Gasteiger partial charge in [0.25, 0.3) is 5.97 Å². The Labute approximate surface area is 140 Å². The number of hydrogen-bond donors (Lipinski definition) is 1. The number of aliphatic carboxylic acids is 5. The van der Waals surface area contributed by atoms with E-state index in [1.165, 1.54) is 0 Å². The van der Waals surface area contributed by atoms with Crippen molar-refractivity contribution in [1.29, 1.82) is 0 Å². The Balaban J connectivity index is -0.0000000331. The van der Waals surface area contributed by atoms with Crippen LogP contribution in [0, 0.1) is 0 Å². The Morgan fingerprint density at radius 3 is 0.571 bits per heavy atom. The predicted molar refractivity (Wildman–Crippen MR) is 56.0 cm³/mol. The van der Waals surface area contributed by atoms with Crippen LogP contribution >= 0.6 is 0 Å². The first-order chi connectivity index (χ1) is 8.66. The molecule has 0 aromatic heterocycles. The molecule has 0 aliphatic heterocycles. The van der Waals surface area contributed by atoms with Crippen LogP contribution in [0.2, 0.25) is 0 Å². The smallest absolute Gasteiger partial charge is 0.550 e. The molecule has 21 heavy (non-hydrogen) atoms. The van der Waals surface area contributed by atoms with Crippen molar-refractivity contribution >= 4 is 29.8 Å². The molecule has 0 aromatic carbocycles. The van der Waals surface area contributed by atoms with Crippen molar-refractivity contribution in [2.45, 2.75) is 34.6 Å². The van der Waals surface area contributed by atoms with E-state index in [1.54, 1.807) is 0 Å². The quantitative estimate of drug-likeness (QED) is 0.420. The van der Waals surface area contributed by atoms with E-state index in [2.05, 4.69) is 0 Å². The summed E-state index contributed by atoms with van der Waals surface area (Å²) in [6.07, 6.45) is 0. The molecule has 120 valence electrons. The van der Waals surface area contributed by atoms with Gasteiger partial charge in [-0.05, 0) is 27.7 Å². The Morgan fingerprint density at radius 2 is 0.571 bits per heavy atom. The summed E-state index contributed by atoms with van der Waals surface area (Å²) in [4.78, 5) is 44.6. The molecular weight excluding hydrogens is 371 g/mol. The van der Waals surface area contributed by atoms with Gasteiger partial charge in [-0.25, -0.2) is 0 Å². The maximum atomic E-state index is 9.00. The van der Waals surface area contributed by atoms with E-state index in [4.69, 9.17) is 49.5 Å². The largest absolute Gasteiger partial charge is 4.00 e. The number of hydrogen-bond acceptors (Lipinski definition) is 9. The summed E-state index contributed by atoms with van der Waals surface area (Å²) < 4.78 is 0. The van der Waals surface area contributed by atoms with Crippen molar-refractivity contribution in [3.63, 3.8) is 0 Å². The molecule has 0 saturated heterocycles. The third kappa shape index (κ3) is 1540. The fourth-order valence-electron chi connectivity index (χ4n) is 0. The number of carbonyl (C=O) groups is 5. The third-order valence-corrected chi connectivity index (χ3v) is 0. The van der Waals surface area contributed by atoms with E-state index in [0.717, 1.165) is 34.6 Å². The van der Waals surface area contributed by atoms with Crippen LogP contribution < -0.4 is 20.4 Å². The van der Waals surface area contributed by atoms with Crippen LogP contribution in [0.5, 0.6) is 0 Å². The van der Waals surface area contributed by atoms with E-state index in [0.29, 0.717) is 0 Å². The molecule has 0 atom stereocenters. The molecule has 0 heterocycles. The number of carboxylic acid groups (broad SMARTS) is 5. The summed E-state index contributed by atoms with van der Waals surface area (Å²) in [6.45, 7) is 4.97. The molecule has 1 N–H and O–H groups in total. The van der Waals surface area contributed by atoms with Crippen LogP contribution in [-0.2, 0) is 50.2 Å². The summed E-state index contributed by atoms with van der Waals surface area (Å²) in [6, 6.07) is 0. The molecule has 0 spiro atoms. The van der Waals surface area contributed by atoms with Crippen molar-refractivity contribution in [3.8, 4) is 0 Å². The minimum Gasteiger partial charge on any atom is -0.550 e. The molecule has 0 amide bonds. The van der Waals surface area contributed by atoms with Crippen molar-refractivity contribution in [2.75, 3.05) is 0 Å². The Morgan fingerprint density at radius 1 is 0.571 bits per heavy atom. The van der Waals surface area contributed by atoms with E-state index in [-0.39, 0.29) is 26.2 Å². The topological polar surface area (TPSA) is 198 Å². The van der Waals surface area contributed by atoms with Crippen molar-refractivity contribution in [1.82, 2.24) is 0 Å². The molecule has 11 heteroatoms. The molecule has 0 bridgehead atoms. The van der Waals surface area contributed by atoms with Crippen LogP contribution in [-0.4, -0.2) is 35.0 Å². The van der Waals surface area contributed by atoms with Crippen LogP contribution in [0.15, 0.2) is 0 Å². The molecule has 0 aliphatic rings. The second-order valence-electron chi connectivity index (χ2n) is 2.49. The van der Waals surface area contributed by atoms with Gasteiger partial charge in [-0.3, -0.25) is 4.79 Å². The molecular formula is C10H16O10Zr. The molecule has 0 aliphatic carbocycles. The molecule has 0 rings (SSSR count). The molecule has 0 fully saturated rings. The first-order valence-electron chi connectivity index (χ1n) is 4.56. The zero-order valence-electron chi connectivity index (χ0n) is 12.1. The van der Waals surface area contributed by atoms with Crippen LogP contribution in [0.1, 0.15) is 34.6 Å². The fraction of sp³-hybridized carbons (Fsp3) is 0.500. The molecule has 0 unspecified atom stereocenters. The summed E-state index contributed by atoms with van der Waals surface area (Å²) in [7, 11) is 0. The normalized spacial score (nSPS) is 5.95. The van der Waals surface area contributed by atoms with E-state index in [1.807, 2.05) is 0 Å². The number of carboxylic acids is 5. The molecule has 0 radical (unpaired) electrons. The van der Waals surface area contributed by atoms with Gasteiger partial charge in [-0.1, -0.05) is 0 Å². The maximum absolute atomic E-state index is 9.00. The molecule has 0 saturated carbocycles. The number of carbonyl (C=O) groups excluding carboxylic acids is 4. The van der Waals surface area contributed by atoms with Gasteiger partial charge in [-0.15, -0.1) is 0 Å². The zero-order valence-corrected chi connectivity index (χ0v) is 14.6. The van der Waals surface area contributed by atoms with E-state index >= 15 is 0 Å². The predicted octanol–water partition coefficient (Wildman–Crippen LogP) is -4.89.